The second-order valence-electron chi connectivity index (χ2n) is 7.77. The van der Waals surface area contributed by atoms with Crippen LogP contribution in [0.4, 0.5) is 13.2 Å². The Hall–Kier alpha value is -2.96. The van der Waals surface area contributed by atoms with E-state index in [0.717, 1.165) is 41.8 Å². The highest BCUT2D eigenvalue weighted by Crippen LogP contribution is 2.34. The third kappa shape index (κ3) is 6.59. The SMILES string of the molecule is CCCCc1nc(-c2ccc(C(F)(F)F)cc2)sc1COc1ccc(C(=N)NO)c(S(C)(=O)=O)c1. The number of nitrogens with one attached hydrogen (secondary N) is 2. The van der Waals surface area contributed by atoms with Crippen LogP contribution in [0.1, 0.15) is 41.5 Å². The molecule has 0 saturated heterocycles. The summed E-state index contributed by atoms with van der Waals surface area (Å²) in [5.74, 6) is -0.228. The molecule has 0 atom stereocenters. The lowest BCUT2D eigenvalue weighted by Gasteiger charge is -2.12. The highest BCUT2D eigenvalue weighted by atomic mass is 32.2. The van der Waals surface area contributed by atoms with Gasteiger partial charge in [0, 0.05) is 17.4 Å². The topological polar surface area (TPSA) is 112 Å². The maximum atomic E-state index is 12.9. The molecule has 0 radical (unpaired) electrons. The molecule has 0 aliphatic rings. The van der Waals surface area contributed by atoms with E-state index in [1.807, 2.05) is 6.92 Å². The Morgan fingerprint density at radius 1 is 1.20 bits per heavy atom. The molecule has 0 aliphatic carbocycles. The number of aryl methyl sites for hydroxylation is 1. The maximum absolute atomic E-state index is 12.9. The van der Waals surface area contributed by atoms with Crippen molar-refractivity contribution in [1.82, 2.24) is 10.5 Å². The van der Waals surface area contributed by atoms with Gasteiger partial charge in [0.15, 0.2) is 15.7 Å². The zero-order valence-electron chi connectivity index (χ0n) is 18.9. The van der Waals surface area contributed by atoms with Gasteiger partial charge < -0.3 is 4.74 Å². The number of sulfone groups is 1. The number of halogens is 3. The van der Waals surface area contributed by atoms with E-state index in [4.69, 9.17) is 15.4 Å². The van der Waals surface area contributed by atoms with Gasteiger partial charge in [-0.1, -0.05) is 25.5 Å². The van der Waals surface area contributed by atoms with Crippen LogP contribution < -0.4 is 10.2 Å². The quantitative estimate of drug-likeness (QED) is 0.194. The van der Waals surface area contributed by atoms with E-state index in [9.17, 15) is 21.6 Å². The molecule has 1 heterocycles. The van der Waals surface area contributed by atoms with Crippen LogP contribution in [0.2, 0.25) is 0 Å². The van der Waals surface area contributed by atoms with Crippen molar-refractivity contribution in [1.29, 1.82) is 5.41 Å². The molecular weight excluding hydrogens is 503 g/mol. The molecule has 0 amide bonds. The fraction of sp³-hybridized carbons (Fsp3) is 0.304. The van der Waals surface area contributed by atoms with Gasteiger partial charge in [-0.15, -0.1) is 11.3 Å². The third-order valence-electron chi connectivity index (χ3n) is 5.11. The maximum Gasteiger partial charge on any atom is 0.416 e. The van der Waals surface area contributed by atoms with E-state index in [0.29, 0.717) is 17.0 Å². The van der Waals surface area contributed by atoms with Crippen molar-refractivity contribution in [2.45, 2.75) is 43.9 Å². The first-order valence-corrected chi connectivity index (χ1v) is 13.3. The first-order valence-electron chi connectivity index (χ1n) is 10.6. The van der Waals surface area contributed by atoms with Crippen LogP contribution in [0, 0.1) is 5.41 Å². The summed E-state index contributed by atoms with van der Waals surface area (Å²) in [7, 11) is -3.72. The summed E-state index contributed by atoms with van der Waals surface area (Å²) < 4.78 is 68.9. The highest BCUT2D eigenvalue weighted by molar-refractivity contribution is 7.90. The number of hydrogen-bond acceptors (Lipinski definition) is 7. The minimum absolute atomic E-state index is 0.00614. The predicted molar refractivity (Wildman–Crippen MR) is 127 cm³/mol. The summed E-state index contributed by atoms with van der Waals surface area (Å²) in [6, 6.07) is 8.93. The van der Waals surface area contributed by atoms with Crippen LogP contribution in [-0.4, -0.2) is 30.7 Å². The molecule has 0 aliphatic heterocycles. The number of hydrogen-bond donors (Lipinski definition) is 3. The van der Waals surface area contributed by atoms with Crippen molar-refractivity contribution in [3.05, 3.63) is 64.2 Å². The molecule has 0 bridgehead atoms. The van der Waals surface area contributed by atoms with Crippen molar-refractivity contribution in [2.75, 3.05) is 6.26 Å². The molecule has 0 fully saturated rings. The fourth-order valence-corrected chi connectivity index (χ4v) is 5.20. The number of unbranched alkanes of at least 4 members (excludes halogenated alkanes) is 1. The van der Waals surface area contributed by atoms with Crippen molar-refractivity contribution < 1.29 is 31.5 Å². The Kier molecular flexibility index (Phi) is 8.18. The van der Waals surface area contributed by atoms with Crippen LogP contribution in [0.5, 0.6) is 5.75 Å². The van der Waals surface area contributed by atoms with E-state index in [1.54, 1.807) is 5.48 Å². The first-order chi connectivity index (χ1) is 16.4. The Morgan fingerprint density at radius 3 is 2.46 bits per heavy atom. The average molecular weight is 528 g/mol. The summed E-state index contributed by atoms with van der Waals surface area (Å²) in [5.41, 5.74) is 2.23. The zero-order chi connectivity index (χ0) is 25.8. The van der Waals surface area contributed by atoms with Crippen LogP contribution in [0.3, 0.4) is 0 Å². The lowest BCUT2D eigenvalue weighted by molar-refractivity contribution is -0.137. The van der Waals surface area contributed by atoms with Crippen LogP contribution >= 0.6 is 11.3 Å². The molecule has 7 nitrogen and oxygen atoms in total. The number of rotatable bonds is 9. The second kappa shape index (κ2) is 10.8. The number of hydroxylamine groups is 1. The van der Waals surface area contributed by atoms with Crippen molar-refractivity contribution in [3.8, 4) is 16.3 Å². The highest BCUT2D eigenvalue weighted by Gasteiger charge is 2.30. The molecule has 0 spiro atoms. The molecule has 1 aromatic heterocycles. The van der Waals surface area contributed by atoms with Gasteiger partial charge in [-0.25, -0.2) is 13.4 Å². The first kappa shape index (κ1) is 26.6. The minimum Gasteiger partial charge on any atom is -0.488 e. The van der Waals surface area contributed by atoms with Gasteiger partial charge >= 0.3 is 6.18 Å². The standard InChI is InChI=1S/C23H24F3N3O4S2/c1-3-4-5-18-19(34-22(28-18)14-6-8-15(9-7-14)23(24,25)26)13-33-16-10-11-17(21(27)29-30)20(12-16)35(2,31)32/h6-12,30H,3-5,13H2,1-2H3,(H2,27,29). The van der Waals surface area contributed by atoms with E-state index in [-0.39, 0.29) is 22.8 Å². The number of benzene rings is 2. The van der Waals surface area contributed by atoms with Gasteiger partial charge in [0.2, 0.25) is 0 Å². The molecule has 0 saturated carbocycles. The van der Waals surface area contributed by atoms with Crippen molar-refractivity contribution in [3.63, 3.8) is 0 Å². The number of alkyl halides is 3. The summed E-state index contributed by atoms with van der Waals surface area (Å²) >= 11 is 1.30. The molecule has 3 aromatic rings. The monoisotopic (exact) mass is 527 g/mol. The molecule has 3 rings (SSSR count). The van der Waals surface area contributed by atoms with Crippen LogP contribution in [0.25, 0.3) is 10.6 Å². The van der Waals surface area contributed by atoms with Gasteiger partial charge in [0.25, 0.3) is 0 Å². The molecule has 2 aromatic carbocycles. The lowest BCUT2D eigenvalue weighted by atomic mass is 10.1. The van der Waals surface area contributed by atoms with Gasteiger partial charge in [-0.3, -0.25) is 16.1 Å². The minimum atomic E-state index is -4.42. The van der Waals surface area contributed by atoms with Crippen LogP contribution in [-0.2, 0) is 29.0 Å². The number of ether oxygens (including phenoxy) is 1. The van der Waals surface area contributed by atoms with E-state index in [2.05, 4.69) is 4.98 Å². The third-order valence-corrected chi connectivity index (χ3v) is 7.37. The van der Waals surface area contributed by atoms with Crippen molar-refractivity contribution >= 4 is 27.0 Å². The van der Waals surface area contributed by atoms with Gasteiger partial charge in [0.1, 0.15) is 17.4 Å². The Bertz CT molecular complexity index is 1300. The Morgan fingerprint density at radius 2 is 1.89 bits per heavy atom. The number of aromatic nitrogens is 1. The van der Waals surface area contributed by atoms with E-state index < -0.39 is 27.4 Å². The smallest absolute Gasteiger partial charge is 0.416 e. The van der Waals surface area contributed by atoms with Crippen molar-refractivity contribution in [2.24, 2.45) is 0 Å². The predicted octanol–water partition coefficient (Wildman–Crippen LogP) is 5.46. The van der Waals surface area contributed by atoms with Gasteiger partial charge in [-0.05, 0) is 43.2 Å². The van der Waals surface area contributed by atoms with Crippen LogP contribution in [0.15, 0.2) is 47.4 Å². The Labute approximate surface area is 205 Å². The summed E-state index contributed by atoms with van der Waals surface area (Å²) in [6.45, 7) is 2.11. The molecule has 188 valence electrons. The molecule has 12 heteroatoms. The Balaban J connectivity index is 1.88. The fourth-order valence-electron chi connectivity index (χ4n) is 3.28. The lowest BCUT2D eigenvalue weighted by Crippen LogP contribution is -2.21. The van der Waals surface area contributed by atoms with E-state index >= 15 is 0 Å². The summed E-state index contributed by atoms with van der Waals surface area (Å²) in [6.07, 6.45) is -0.968. The molecular formula is C23H24F3N3O4S2. The summed E-state index contributed by atoms with van der Waals surface area (Å²) in [4.78, 5) is 5.23. The zero-order valence-corrected chi connectivity index (χ0v) is 20.6. The summed E-state index contributed by atoms with van der Waals surface area (Å²) in [5, 5.41) is 17.3. The number of amidine groups is 1. The number of thiazole rings is 1. The second-order valence-corrected chi connectivity index (χ2v) is 10.8. The molecule has 0 unspecified atom stereocenters. The van der Waals surface area contributed by atoms with E-state index in [1.165, 1.54) is 41.7 Å². The normalized spacial score (nSPS) is 11.9. The average Bonchev–Trinajstić information content (AvgIpc) is 3.22. The van der Waals surface area contributed by atoms with Gasteiger partial charge in [-0.2, -0.15) is 13.2 Å². The van der Waals surface area contributed by atoms with Gasteiger partial charge in [0.05, 0.1) is 21.0 Å². The largest absolute Gasteiger partial charge is 0.488 e. The molecule has 35 heavy (non-hydrogen) atoms. The number of nitrogens with zero attached hydrogens (tertiary/aromatic N) is 1. The molecule has 3 N–H and O–H groups in total.